The molecular formula is C49H31N. The lowest BCUT2D eigenvalue weighted by molar-refractivity contribution is 0.809. The van der Waals surface area contributed by atoms with E-state index in [1.54, 1.807) is 0 Å². The lowest BCUT2D eigenvalue weighted by Crippen LogP contribution is -2.26. The van der Waals surface area contributed by atoms with Crippen molar-refractivity contribution in [2.45, 2.75) is 5.41 Å². The number of nitrogens with zero attached hydrogens (tertiary/aromatic N) is 1. The Balaban J connectivity index is 1.29. The van der Waals surface area contributed by atoms with Crippen LogP contribution in [-0.4, -0.2) is 0 Å². The molecule has 0 aromatic heterocycles. The molecule has 0 bridgehead atoms. The third-order valence-corrected chi connectivity index (χ3v) is 11.2. The van der Waals surface area contributed by atoms with E-state index in [1.807, 2.05) is 0 Å². The highest BCUT2D eigenvalue weighted by molar-refractivity contribution is 6.21. The summed E-state index contributed by atoms with van der Waals surface area (Å²) in [5.41, 5.74) is 13.8. The van der Waals surface area contributed by atoms with E-state index in [0.717, 1.165) is 17.1 Å². The number of rotatable bonds is 3. The Hall–Kier alpha value is -6.44. The largest absolute Gasteiger partial charge is 0.310 e. The molecule has 0 aliphatic heterocycles. The van der Waals surface area contributed by atoms with E-state index in [9.17, 15) is 0 Å². The Labute approximate surface area is 291 Å². The van der Waals surface area contributed by atoms with E-state index < -0.39 is 5.41 Å². The predicted molar refractivity (Wildman–Crippen MR) is 210 cm³/mol. The van der Waals surface area contributed by atoms with Crippen LogP contribution < -0.4 is 4.90 Å². The molecule has 9 aromatic carbocycles. The summed E-state index contributed by atoms with van der Waals surface area (Å²) in [4.78, 5) is 2.36. The number of anilines is 3. The van der Waals surface area contributed by atoms with E-state index in [-0.39, 0.29) is 0 Å². The fourth-order valence-electron chi connectivity index (χ4n) is 9.38. The number of hydrogen-bond acceptors (Lipinski definition) is 1. The minimum absolute atomic E-state index is 0.471. The summed E-state index contributed by atoms with van der Waals surface area (Å²) in [7, 11) is 0. The van der Waals surface area contributed by atoms with E-state index in [0.29, 0.717) is 0 Å². The van der Waals surface area contributed by atoms with Crippen molar-refractivity contribution >= 4 is 49.4 Å². The summed E-state index contributed by atoms with van der Waals surface area (Å²) in [6.45, 7) is 0. The first kappa shape index (κ1) is 27.5. The molecule has 0 fully saturated rings. The van der Waals surface area contributed by atoms with Gasteiger partial charge in [0.05, 0.1) is 5.41 Å². The molecule has 50 heavy (non-hydrogen) atoms. The van der Waals surface area contributed by atoms with E-state index in [1.165, 1.54) is 76.8 Å². The normalized spacial score (nSPS) is 13.4. The van der Waals surface area contributed by atoms with E-state index in [4.69, 9.17) is 0 Å². The smallest absolute Gasteiger partial charge is 0.0737 e. The zero-order valence-corrected chi connectivity index (χ0v) is 27.3. The van der Waals surface area contributed by atoms with Crippen LogP contribution in [0.1, 0.15) is 22.3 Å². The minimum atomic E-state index is -0.471. The first-order chi connectivity index (χ1) is 24.8. The molecule has 1 spiro atoms. The molecule has 11 rings (SSSR count). The molecule has 2 aliphatic carbocycles. The van der Waals surface area contributed by atoms with Crippen LogP contribution in [0.3, 0.4) is 0 Å². The Morgan fingerprint density at radius 2 is 0.840 bits per heavy atom. The highest BCUT2D eigenvalue weighted by Gasteiger charge is 2.53. The van der Waals surface area contributed by atoms with Gasteiger partial charge in [-0.3, -0.25) is 0 Å². The fourth-order valence-corrected chi connectivity index (χ4v) is 9.38. The van der Waals surface area contributed by atoms with Gasteiger partial charge in [-0.15, -0.1) is 0 Å². The van der Waals surface area contributed by atoms with Crippen molar-refractivity contribution < 1.29 is 0 Å². The monoisotopic (exact) mass is 633 g/mol. The van der Waals surface area contributed by atoms with Gasteiger partial charge < -0.3 is 4.90 Å². The van der Waals surface area contributed by atoms with Gasteiger partial charge in [-0.1, -0.05) is 152 Å². The topological polar surface area (TPSA) is 3.24 Å². The summed E-state index contributed by atoms with van der Waals surface area (Å²) < 4.78 is 0. The van der Waals surface area contributed by atoms with Crippen molar-refractivity contribution in [2.24, 2.45) is 0 Å². The summed E-state index contributed by atoms with van der Waals surface area (Å²) in [6, 6.07) is 69.6. The SMILES string of the molecule is c1ccc(N(c2ccccc2)c2ccc3c4c(ccc3c2)-c2c(c3ccccc3c3ccccc23)C42c3ccccc3-c3ccccc32)cc1. The van der Waals surface area contributed by atoms with Gasteiger partial charge in [0.1, 0.15) is 0 Å². The summed E-state index contributed by atoms with van der Waals surface area (Å²) in [5, 5.41) is 7.79. The molecule has 232 valence electrons. The minimum Gasteiger partial charge on any atom is -0.310 e. The average Bonchev–Trinajstić information content (AvgIpc) is 3.67. The molecule has 1 heteroatoms. The molecule has 0 saturated carbocycles. The van der Waals surface area contributed by atoms with Crippen LogP contribution in [0.5, 0.6) is 0 Å². The van der Waals surface area contributed by atoms with Gasteiger partial charge in [0.15, 0.2) is 0 Å². The lowest BCUT2D eigenvalue weighted by Gasteiger charge is -2.33. The van der Waals surface area contributed by atoms with Crippen LogP contribution in [-0.2, 0) is 5.41 Å². The Bertz CT molecular complexity index is 2730. The maximum absolute atomic E-state index is 2.41. The van der Waals surface area contributed by atoms with Crippen molar-refractivity contribution in [3.8, 4) is 22.3 Å². The quantitative estimate of drug-likeness (QED) is 0.175. The second-order valence-corrected chi connectivity index (χ2v) is 13.6. The number of hydrogen-bond donors (Lipinski definition) is 0. The van der Waals surface area contributed by atoms with E-state index in [2.05, 4.69) is 193 Å². The van der Waals surface area contributed by atoms with Crippen molar-refractivity contribution in [3.63, 3.8) is 0 Å². The van der Waals surface area contributed by atoms with Crippen LogP contribution in [0.15, 0.2) is 188 Å². The molecule has 0 heterocycles. The van der Waals surface area contributed by atoms with Gasteiger partial charge >= 0.3 is 0 Å². The molecule has 0 saturated heterocycles. The maximum Gasteiger partial charge on any atom is 0.0737 e. The Morgan fingerprint density at radius 3 is 1.48 bits per heavy atom. The molecule has 1 nitrogen and oxygen atoms in total. The fraction of sp³-hybridized carbons (Fsp3) is 0.0204. The van der Waals surface area contributed by atoms with Crippen molar-refractivity contribution in [2.75, 3.05) is 4.90 Å². The molecule has 9 aromatic rings. The zero-order chi connectivity index (χ0) is 32.8. The maximum atomic E-state index is 2.41. The standard InChI is InChI=1S/C49H31N/c1-3-15-33(16-4-1)50(34-17-5-2-6-18-34)35-28-30-36-32(31-35)27-29-43-46-41-23-9-7-19-37(41)38-20-8-10-24-42(38)48(46)49(47(36)43)44-25-13-11-21-39(44)40-22-12-14-26-45(40)49/h1-31H. The van der Waals surface area contributed by atoms with Crippen molar-refractivity contribution in [1.29, 1.82) is 0 Å². The lowest BCUT2D eigenvalue weighted by atomic mass is 9.68. The first-order valence-corrected chi connectivity index (χ1v) is 17.5. The zero-order valence-electron chi connectivity index (χ0n) is 27.3. The molecule has 0 atom stereocenters. The van der Waals surface area contributed by atoms with Crippen LogP contribution in [0.25, 0.3) is 54.6 Å². The van der Waals surface area contributed by atoms with Gasteiger partial charge in [0.2, 0.25) is 0 Å². The second-order valence-electron chi connectivity index (χ2n) is 13.6. The van der Waals surface area contributed by atoms with Gasteiger partial charge in [-0.2, -0.15) is 0 Å². The van der Waals surface area contributed by atoms with Crippen molar-refractivity contribution in [1.82, 2.24) is 0 Å². The molecule has 0 N–H and O–H groups in total. The molecule has 2 aliphatic rings. The second kappa shape index (κ2) is 10.3. The summed E-state index contributed by atoms with van der Waals surface area (Å²) in [5.74, 6) is 0. The molecule has 0 unspecified atom stereocenters. The van der Waals surface area contributed by atoms with Crippen molar-refractivity contribution in [3.05, 3.63) is 210 Å². The van der Waals surface area contributed by atoms with Crippen LogP contribution >= 0.6 is 0 Å². The Morgan fingerprint density at radius 1 is 0.320 bits per heavy atom. The highest BCUT2D eigenvalue weighted by Crippen LogP contribution is 2.66. The first-order valence-electron chi connectivity index (χ1n) is 17.5. The summed E-state index contributed by atoms with van der Waals surface area (Å²) in [6.07, 6.45) is 0. The summed E-state index contributed by atoms with van der Waals surface area (Å²) >= 11 is 0. The number of fused-ring (bicyclic) bond motifs is 17. The van der Waals surface area contributed by atoms with Gasteiger partial charge in [0, 0.05) is 17.1 Å². The highest BCUT2D eigenvalue weighted by atomic mass is 15.1. The van der Waals surface area contributed by atoms with Gasteiger partial charge in [0.25, 0.3) is 0 Å². The van der Waals surface area contributed by atoms with Crippen LogP contribution in [0.2, 0.25) is 0 Å². The van der Waals surface area contributed by atoms with E-state index >= 15 is 0 Å². The van der Waals surface area contributed by atoms with Crippen LogP contribution in [0.4, 0.5) is 17.1 Å². The average molecular weight is 634 g/mol. The number of para-hydroxylation sites is 2. The third kappa shape index (κ3) is 3.51. The van der Waals surface area contributed by atoms with Crippen LogP contribution in [0, 0.1) is 0 Å². The van der Waals surface area contributed by atoms with Gasteiger partial charge in [-0.25, -0.2) is 0 Å². The van der Waals surface area contributed by atoms with Gasteiger partial charge in [-0.05, 0) is 113 Å². The predicted octanol–water partition coefficient (Wildman–Crippen LogP) is 13.0. The molecule has 0 radical (unpaired) electrons. The molecular weight excluding hydrogens is 603 g/mol. The number of benzene rings is 9. The third-order valence-electron chi connectivity index (χ3n) is 11.2. The Kier molecular flexibility index (Phi) is 5.66. The molecule has 0 amide bonds.